The summed E-state index contributed by atoms with van der Waals surface area (Å²) in [5.41, 5.74) is 1.82. The van der Waals surface area contributed by atoms with Gasteiger partial charge in [-0.2, -0.15) is 0 Å². The number of carbonyl (C=O) groups excluding carboxylic acids is 3. The molecule has 1 N–H and O–H groups in total. The van der Waals surface area contributed by atoms with E-state index in [1.165, 1.54) is 0 Å². The summed E-state index contributed by atoms with van der Waals surface area (Å²) in [6.07, 6.45) is -0.921. The number of rotatable bonds is 9. The van der Waals surface area contributed by atoms with E-state index in [2.05, 4.69) is 5.32 Å². The number of amides is 1. The molecule has 6 nitrogen and oxygen atoms in total. The number of hydrogen-bond donors (Lipinski definition) is 1. The molecule has 6 heteroatoms. The molecule has 0 aliphatic carbocycles. The van der Waals surface area contributed by atoms with Crippen LogP contribution < -0.4 is 5.32 Å². The van der Waals surface area contributed by atoms with Gasteiger partial charge in [0.05, 0.1) is 11.1 Å². The zero-order chi connectivity index (χ0) is 25.2. The molecule has 4 rings (SSSR count). The van der Waals surface area contributed by atoms with Crippen LogP contribution in [0.2, 0.25) is 0 Å². The number of esters is 2. The van der Waals surface area contributed by atoms with Gasteiger partial charge in [-0.25, -0.2) is 9.59 Å². The summed E-state index contributed by atoms with van der Waals surface area (Å²) in [7, 11) is 0. The third-order valence-electron chi connectivity index (χ3n) is 5.49. The van der Waals surface area contributed by atoms with E-state index in [0.717, 1.165) is 0 Å². The molecular formula is C30H25NO5. The second-order valence-electron chi connectivity index (χ2n) is 8.01. The minimum Gasteiger partial charge on any atom is -0.460 e. The quantitative estimate of drug-likeness (QED) is 0.332. The largest absolute Gasteiger partial charge is 0.460 e. The van der Waals surface area contributed by atoms with Gasteiger partial charge in [0.25, 0.3) is 5.91 Å². The first kappa shape index (κ1) is 24.4. The highest BCUT2D eigenvalue weighted by Crippen LogP contribution is 2.24. The minimum absolute atomic E-state index is 0.214. The number of nitrogens with one attached hydrogen (secondary N) is 1. The highest BCUT2D eigenvalue weighted by Gasteiger charge is 2.31. The summed E-state index contributed by atoms with van der Waals surface area (Å²) in [6, 6.07) is 34.0. The lowest BCUT2D eigenvalue weighted by molar-refractivity contribution is 0.00485. The molecule has 36 heavy (non-hydrogen) atoms. The fraction of sp³-hybridized carbons (Fsp3) is 0.100. The summed E-state index contributed by atoms with van der Waals surface area (Å²) < 4.78 is 11.5. The third kappa shape index (κ3) is 6.45. The molecule has 0 radical (unpaired) electrons. The zero-order valence-electron chi connectivity index (χ0n) is 19.5. The summed E-state index contributed by atoms with van der Waals surface area (Å²) >= 11 is 0. The van der Waals surface area contributed by atoms with Crippen LogP contribution in [0.1, 0.15) is 42.7 Å². The van der Waals surface area contributed by atoms with Crippen molar-refractivity contribution in [3.63, 3.8) is 0 Å². The van der Waals surface area contributed by atoms with Gasteiger partial charge < -0.3 is 14.8 Å². The van der Waals surface area contributed by atoms with E-state index in [4.69, 9.17) is 9.47 Å². The zero-order valence-corrected chi connectivity index (χ0v) is 19.5. The third-order valence-corrected chi connectivity index (χ3v) is 5.49. The molecule has 0 saturated carbocycles. The molecule has 0 bridgehead atoms. The normalized spacial score (nSPS) is 12.1. The summed E-state index contributed by atoms with van der Waals surface area (Å²) in [5, 5.41) is 2.90. The van der Waals surface area contributed by atoms with Crippen LogP contribution in [0.15, 0.2) is 121 Å². The molecule has 4 aromatic rings. The lowest BCUT2D eigenvalue weighted by Crippen LogP contribution is -2.44. The van der Waals surface area contributed by atoms with Gasteiger partial charge >= 0.3 is 11.9 Å². The average molecular weight is 480 g/mol. The molecule has 0 spiro atoms. The predicted molar refractivity (Wildman–Crippen MR) is 135 cm³/mol. The Bertz CT molecular complexity index is 1280. The van der Waals surface area contributed by atoms with Crippen LogP contribution in [0.4, 0.5) is 0 Å². The lowest BCUT2D eigenvalue weighted by Gasteiger charge is -2.28. The number of ether oxygens (including phenoxy) is 2. The van der Waals surface area contributed by atoms with E-state index in [-0.39, 0.29) is 12.5 Å². The first-order valence-electron chi connectivity index (χ1n) is 11.5. The van der Waals surface area contributed by atoms with Crippen molar-refractivity contribution < 1.29 is 23.9 Å². The predicted octanol–water partition coefficient (Wildman–Crippen LogP) is 5.24. The molecule has 0 fully saturated rings. The fourth-order valence-corrected chi connectivity index (χ4v) is 3.65. The van der Waals surface area contributed by atoms with Crippen molar-refractivity contribution in [3.8, 4) is 0 Å². The second kappa shape index (κ2) is 12.1. The summed E-state index contributed by atoms with van der Waals surface area (Å²) in [4.78, 5) is 38.7. The van der Waals surface area contributed by atoms with Gasteiger partial charge in [0, 0.05) is 5.56 Å². The number of hydrogen-bond acceptors (Lipinski definition) is 5. The van der Waals surface area contributed by atoms with Crippen molar-refractivity contribution in [3.05, 3.63) is 144 Å². The van der Waals surface area contributed by atoms with Crippen LogP contribution in [-0.4, -0.2) is 30.5 Å². The smallest absolute Gasteiger partial charge is 0.338 e. The molecule has 0 unspecified atom stereocenters. The van der Waals surface area contributed by atoms with Crippen molar-refractivity contribution in [2.45, 2.75) is 12.1 Å². The Hall–Kier alpha value is -4.71. The van der Waals surface area contributed by atoms with Crippen molar-refractivity contribution in [2.24, 2.45) is 0 Å². The molecule has 180 valence electrons. The molecule has 2 atom stereocenters. The lowest BCUT2D eigenvalue weighted by atomic mass is 10.0. The maximum Gasteiger partial charge on any atom is 0.338 e. The Balaban J connectivity index is 1.63. The first-order valence-corrected chi connectivity index (χ1v) is 11.5. The van der Waals surface area contributed by atoms with Crippen molar-refractivity contribution in [1.82, 2.24) is 5.32 Å². The van der Waals surface area contributed by atoms with E-state index >= 15 is 0 Å². The molecular weight excluding hydrogens is 454 g/mol. The summed E-state index contributed by atoms with van der Waals surface area (Å²) in [6.45, 7) is -0.214. The second-order valence-corrected chi connectivity index (χ2v) is 8.01. The monoisotopic (exact) mass is 479 g/mol. The molecule has 0 aromatic heterocycles. The van der Waals surface area contributed by atoms with Crippen LogP contribution >= 0.6 is 0 Å². The van der Waals surface area contributed by atoms with E-state index in [9.17, 15) is 14.4 Å². The average Bonchev–Trinajstić information content (AvgIpc) is 2.95. The maximum atomic E-state index is 13.1. The number of benzene rings is 4. The highest BCUT2D eigenvalue weighted by atomic mass is 16.6. The van der Waals surface area contributed by atoms with Crippen LogP contribution in [0.3, 0.4) is 0 Å². The first-order chi connectivity index (χ1) is 17.6. The Morgan fingerprint density at radius 3 is 1.56 bits per heavy atom. The van der Waals surface area contributed by atoms with Gasteiger partial charge in [-0.05, 0) is 42.0 Å². The van der Waals surface area contributed by atoms with Gasteiger partial charge in [-0.1, -0.05) is 84.9 Å². The fourth-order valence-electron chi connectivity index (χ4n) is 3.65. The Morgan fingerprint density at radius 1 is 0.583 bits per heavy atom. The van der Waals surface area contributed by atoms with E-state index in [1.54, 1.807) is 97.1 Å². The molecule has 0 saturated heterocycles. The minimum atomic E-state index is -0.921. The van der Waals surface area contributed by atoms with E-state index in [0.29, 0.717) is 22.3 Å². The summed E-state index contributed by atoms with van der Waals surface area (Å²) in [5.74, 6) is -1.48. The van der Waals surface area contributed by atoms with Crippen molar-refractivity contribution in [1.29, 1.82) is 0 Å². The van der Waals surface area contributed by atoms with Crippen LogP contribution in [0, 0.1) is 0 Å². The van der Waals surface area contributed by atoms with Gasteiger partial charge in [0.15, 0.2) is 6.10 Å². The van der Waals surface area contributed by atoms with Crippen LogP contribution in [-0.2, 0) is 9.47 Å². The SMILES string of the molecule is O=C(N[C@@H](COC(=O)c1ccccc1)[C@H](OC(=O)c1ccccc1)c1ccccc1)c1ccccc1. The van der Waals surface area contributed by atoms with Crippen molar-refractivity contribution >= 4 is 17.8 Å². The molecule has 0 aliphatic heterocycles. The standard InChI is InChI=1S/C30H25NO5/c32-28(23-15-7-2-8-16-23)31-26(21-35-29(33)24-17-9-3-10-18-24)27(22-13-5-1-6-14-22)36-30(34)25-19-11-4-12-20-25/h1-20,26-27H,21H2,(H,31,32)/t26-,27+/m0/s1. The van der Waals surface area contributed by atoms with Crippen molar-refractivity contribution in [2.75, 3.05) is 6.61 Å². The maximum absolute atomic E-state index is 13.1. The van der Waals surface area contributed by atoms with Gasteiger partial charge in [0.2, 0.25) is 0 Å². The molecule has 1 amide bonds. The van der Waals surface area contributed by atoms with Gasteiger partial charge in [-0.3, -0.25) is 4.79 Å². The Kier molecular flexibility index (Phi) is 8.22. The van der Waals surface area contributed by atoms with E-state index < -0.39 is 24.1 Å². The highest BCUT2D eigenvalue weighted by molar-refractivity contribution is 5.94. The van der Waals surface area contributed by atoms with Gasteiger partial charge in [-0.15, -0.1) is 0 Å². The van der Waals surface area contributed by atoms with Gasteiger partial charge in [0.1, 0.15) is 12.6 Å². The number of carbonyl (C=O) groups is 3. The Labute approximate surface area is 209 Å². The molecule has 0 heterocycles. The Morgan fingerprint density at radius 2 is 1.03 bits per heavy atom. The molecule has 4 aromatic carbocycles. The molecule has 0 aliphatic rings. The topological polar surface area (TPSA) is 81.7 Å². The van der Waals surface area contributed by atoms with Crippen LogP contribution in [0.25, 0.3) is 0 Å². The van der Waals surface area contributed by atoms with E-state index in [1.807, 2.05) is 24.3 Å². The van der Waals surface area contributed by atoms with Crippen LogP contribution in [0.5, 0.6) is 0 Å².